The third-order valence-corrected chi connectivity index (χ3v) is 4.33. The van der Waals surface area contributed by atoms with Crippen LogP contribution in [0.1, 0.15) is 43.2 Å². The molecule has 0 saturated carbocycles. The highest BCUT2D eigenvalue weighted by Crippen LogP contribution is 2.38. The molecule has 0 radical (unpaired) electrons. The van der Waals surface area contributed by atoms with Gasteiger partial charge in [0, 0.05) is 22.7 Å². The van der Waals surface area contributed by atoms with Crippen LogP contribution in [0, 0.1) is 12.8 Å². The lowest BCUT2D eigenvalue weighted by Gasteiger charge is -2.31. The van der Waals surface area contributed by atoms with E-state index in [0.29, 0.717) is 6.42 Å². The predicted octanol–water partition coefficient (Wildman–Crippen LogP) is 3.30. The van der Waals surface area contributed by atoms with Crippen LogP contribution in [0.25, 0.3) is 0 Å². The van der Waals surface area contributed by atoms with E-state index in [9.17, 15) is 9.59 Å². The van der Waals surface area contributed by atoms with Gasteiger partial charge in [0.2, 0.25) is 11.8 Å². The second kappa shape index (κ2) is 5.87. The molecule has 1 aromatic rings. The Balaban J connectivity index is 2.37. The zero-order valence-corrected chi connectivity index (χ0v) is 12.8. The van der Waals surface area contributed by atoms with Crippen molar-refractivity contribution in [2.75, 3.05) is 0 Å². The summed E-state index contributed by atoms with van der Waals surface area (Å²) in [4.78, 5) is 23.6. The third kappa shape index (κ3) is 3.06. The molecule has 2 amide bonds. The molecule has 0 aromatic heterocycles. The molecule has 1 fully saturated rings. The van der Waals surface area contributed by atoms with Crippen LogP contribution in [0.3, 0.4) is 0 Å². The number of hydrogen-bond acceptors (Lipinski definition) is 2. The molecule has 0 bridgehead atoms. The first-order valence-electron chi connectivity index (χ1n) is 6.62. The van der Waals surface area contributed by atoms with Crippen molar-refractivity contribution in [3.8, 4) is 0 Å². The minimum Gasteiger partial charge on any atom is -0.296 e. The molecule has 19 heavy (non-hydrogen) atoms. The van der Waals surface area contributed by atoms with Gasteiger partial charge < -0.3 is 0 Å². The summed E-state index contributed by atoms with van der Waals surface area (Å²) in [6.45, 7) is 4.09. The van der Waals surface area contributed by atoms with E-state index in [1.807, 2.05) is 25.1 Å². The summed E-state index contributed by atoms with van der Waals surface area (Å²) in [6, 6.07) is 6.09. The van der Waals surface area contributed by atoms with E-state index in [0.717, 1.165) is 28.4 Å². The molecule has 1 N–H and O–H groups in total. The van der Waals surface area contributed by atoms with Crippen molar-refractivity contribution in [2.45, 2.75) is 39.0 Å². The largest absolute Gasteiger partial charge is 0.296 e. The van der Waals surface area contributed by atoms with Crippen LogP contribution in [0.2, 0.25) is 0 Å². The van der Waals surface area contributed by atoms with Gasteiger partial charge in [0.25, 0.3) is 0 Å². The fourth-order valence-corrected chi connectivity index (χ4v) is 3.50. The van der Waals surface area contributed by atoms with E-state index in [1.165, 1.54) is 0 Å². The summed E-state index contributed by atoms with van der Waals surface area (Å²) in [5, 5.41) is 2.45. The summed E-state index contributed by atoms with van der Waals surface area (Å²) in [5.41, 5.74) is 2.22. The van der Waals surface area contributed by atoms with E-state index < -0.39 is 0 Å². The van der Waals surface area contributed by atoms with Crippen molar-refractivity contribution in [1.82, 2.24) is 5.32 Å². The van der Waals surface area contributed by atoms with Crippen LogP contribution >= 0.6 is 15.9 Å². The molecule has 2 rings (SSSR count). The summed E-state index contributed by atoms with van der Waals surface area (Å²) in [6.07, 6.45) is 2.13. The number of hydrogen-bond donors (Lipinski definition) is 1. The number of rotatable bonds is 3. The Hall–Kier alpha value is -1.16. The zero-order chi connectivity index (χ0) is 14.0. The number of amides is 2. The monoisotopic (exact) mass is 323 g/mol. The summed E-state index contributed by atoms with van der Waals surface area (Å²) in [5.74, 6) is -0.428. The summed E-state index contributed by atoms with van der Waals surface area (Å²) >= 11 is 3.56. The molecule has 0 aliphatic carbocycles. The highest BCUT2D eigenvalue weighted by Gasteiger charge is 2.36. The molecule has 1 heterocycles. The van der Waals surface area contributed by atoms with Gasteiger partial charge in [-0.3, -0.25) is 14.9 Å². The van der Waals surface area contributed by atoms with E-state index in [2.05, 4.69) is 28.2 Å². The Morgan fingerprint density at radius 2 is 2.11 bits per heavy atom. The van der Waals surface area contributed by atoms with Gasteiger partial charge in [-0.2, -0.15) is 0 Å². The van der Waals surface area contributed by atoms with Gasteiger partial charge in [0.1, 0.15) is 0 Å². The molecule has 2 atom stereocenters. The van der Waals surface area contributed by atoms with Gasteiger partial charge in [-0.15, -0.1) is 0 Å². The lowest BCUT2D eigenvalue weighted by molar-refractivity contribution is -0.137. The van der Waals surface area contributed by atoms with Crippen molar-refractivity contribution < 1.29 is 9.59 Å². The van der Waals surface area contributed by atoms with Crippen LogP contribution < -0.4 is 5.32 Å². The van der Waals surface area contributed by atoms with E-state index in [1.54, 1.807) is 0 Å². The molecule has 2 unspecified atom stereocenters. The Morgan fingerprint density at radius 1 is 1.37 bits per heavy atom. The smallest absolute Gasteiger partial charge is 0.230 e. The first-order valence-corrected chi connectivity index (χ1v) is 7.42. The fraction of sp³-hybridized carbons (Fsp3) is 0.467. The van der Waals surface area contributed by atoms with Gasteiger partial charge in [-0.05, 0) is 30.5 Å². The molecular weight excluding hydrogens is 306 g/mol. The second-order valence-electron chi connectivity index (χ2n) is 5.14. The highest BCUT2D eigenvalue weighted by atomic mass is 79.9. The maximum absolute atomic E-state index is 12.0. The van der Waals surface area contributed by atoms with E-state index in [-0.39, 0.29) is 23.7 Å². The quantitative estimate of drug-likeness (QED) is 0.867. The molecule has 102 valence electrons. The number of carbonyl (C=O) groups excluding carboxylic acids is 2. The highest BCUT2D eigenvalue weighted by molar-refractivity contribution is 9.10. The number of halogens is 1. The first kappa shape index (κ1) is 14.3. The predicted molar refractivity (Wildman–Crippen MR) is 77.8 cm³/mol. The van der Waals surface area contributed by atoms with Crippen molar-refractivity contribution in [3.05, 3.63) is 33.8 Å². The maximum atomic E-state index is 12.0. The van der Waals surface area contributed by atoms with Crippen LogP contribution in [0.15, 0.2) is 22.7 Å². The topological polar surface area (TPSA) is 46.2 Å². The van der Waals surface area contributed by atoms with Crippen molar-refractivity contribution in [2.24, 2.45) is 5.92 Å². The first-order chi connectivity index (χ1) is 9.02. The molecule has 1 aliphatic rings. The summed E-state index contributed by atoms with van der Waals surface area (Å²) in [7, 11) is 0. The summed E-state index contributed by atoms with van der Waals surface area (Å²) < 4.78 is 0.987. The number of piperidine rings is 1. The lowest BCUT2D eigenvalue weighted by atomic mass is 9.78. The van der Waals surface area contributed by atoms with Crippen LogP contribution in [-0.2, 0) is 9.59 Å². The number of aryl methyl sites for hydroxylation is 1. The Labute approximate surface area is 121 Å². The standard InChI is InChI=1S/C15H18BrNO2/c1-3-4-11-12(8-14(18)17-15(11)19)10-6-5-9(2)7-13(10)16/h5-7,11-12H,3-4,8H2,1-2H3,(H,17,18,19). The minimum atomic E-state index is -0.171. The molecular formula is C15H18BrNO2. The molecule has 1 aromatic carbocycles. The molecule has 1 aliphatic heterocycles. The number of nitrogens with one attached hydrogen (secondary N) is 1. The SMILES string of the molecule is CCCC1C(=O)NC(=O)CC1c1ccc(C)cc1Br. The molecule has 4 heteroatoms. The molecule has 3 nitrogen and oxygen atoms in total. The maximum Gasteiger partial charge on any atom is 0.230 e. The van der Waals surface area contributed by atoms with Crippen LogP contribution in [-0.4, -0.2) is 11.8 Å². The number of imide groups is 1. The minimum absolute atomic E-state index is 0.0174. The second-order valence-corrected chi connectivity index (χ2v) is 6.00. The van der Waals surface area contributed by atoms with Crippen molar-refractivity contribution in [3.63, 3.8) is 0 Å². The Kier molecular flexibility index (Phi) is 4.40. The van der Waals surface area contributed by atoms with Crippen molar-refractivity contribution in [1.29, 1.82) is 0 Å². The lowest BCUT2D eigenvalue weighted by Crippen LogP contribution is -2.44. The van der Waals surface area contributed by atoms with Crippen LogP contribution in [0.5, 0.6) is 0 Å². The van der Waals surface area contributed by atoms with Gasteiger partial charge in [0.05, 0.1) is 0 Å². The van der Waals surface area contributed by atoms with E-state index >= 15 is 0 Å². The Bertz CT molecular complexity index is 513. The fourth-order valence-electron chi connectivity index (χ4n) is 2.71. The van der Waals surface area contributed by atoms with Gasteiger partial charge in [0.15, 0.2) is 0 Å². The van der Waals surface area contributed by atoms with Crippen LogP contribution in [0.4, 0.5) is 0 Å². The molecule has 1 saturated heterocycles. The van der Waals surface area contributed by atoms with E-state index in [4.69, 9.17) is 0 Å². The van der Waals surface area contributed by atoms with Gasteiger partial charge in [-0.25, -0.2) is 0 Å². The normalized spacial score (nSPS) is 23.3. The van der Waals surface area contributed by atoms with Crippen molar-refractivity contribution >= 4 is 27.7 Å². The van der Waals surface area contributed by atoms with Gasteiger partial charge in [-0.1, -0.05) is 41.4 Å². The number of carbonyl (C=O) groups is 2. The van der Waals surface area contributed by atoms with Gasteiger partial charge >= 0.3 is 0 Å². The Morgan fingerprint density at radius 3 is 2.74 bits per heavy atom. The zero-order valence-electron chi connectivity index (χ0n) is 11.2. The average molecular weight is 324 g/mol. The average Bonchev–Trinajstić information content (AvgIpc) is 2.32. The molecule has 0 spiro atoms. The third-order valence-electron chi connectivity index (χ3n) is 3.65. The number of benzene rings is 1.